The molecule has 106 valence electrons. The lowest BCUT2D eigenvalue weighted by Crippen LogP contribution is -2.14. The van der Waals surface area contributed by atoms with Gasteiger partial charge in [0.25, 0.3) is 0 Å². The number of carbonyl (C=O) groups is 1. The van der Waals surface area contributed by atoms with Gasteiger partial charge < -0.3 is 10.1 Å². The summed E-state index contributed by atoms with van der Waals surface area (Å²) in [6, 6.07) is 13.0. The Morgan fingerprint density at radius 3 is 2.81 bits per heavy atom. The topological polar surface area (TPSA) is 62.1 Å². The van der Waals surface area contributed by atoms with E-state index in [0.29, 0.717) is 16.8 Å². The van der Waals surface area contributed by atoms with E-state index in [4.69, 9.17) is 10.00 Å². The predicted molar refractivity (Wildman–Crippen MR) is 76.4 cm³/mol. The number of ether oxygens (including phenoxy) is 1. The molecule has 1 amide bonds. The Morgan fingerprint density at radius 1 is 1.33 bits per heavy atom. The molecule has 0 aliphatic carbocycles. The van der Waals surface area contributed by atoms with Crippen LogP contribution in [0.5, 0.6) is 5.75 Å². The summed E-state index contributed by atoms with van der Waals surface area (Å²) in [4.78, 5) is 11.9. The normalized spacial score (nSPS) is 9.76. The molecule has 0 radical (unpaired) electrons. The molecule has 2 aromatic rings. The van der Waals surface area contributed by atoms with Crippen molar-refractivity contribution in [2.45, 2.75) is 6.42 Å². The SMILES string of the molecule is COc1ccc(CC(=O)Nc2cccc(C#N)c2)cc1F. The first-order valence-electron chi connectivity index (χ1n) is 6.25. The fourth-order valence-corrected chi connectivity index (χ4v) is 1.88. The van der Waals surface area contributed by atoms with Crippen molar-refractivity contribution in [3.05, 3.63) is 59.4 Å². The van der Waals surface area contributed by atoms with Crippen LogP contribution in [0.25, 0.3) is 0 Å². The minimum Gasteiger partial charge on any atom is -0.494 e. The summed E-state index contributed by atoms with van der Waals surface area (Å²) in [6.45, 7) is 0. The molecule has 2 aromatic carbocycles. The molecular formula is C16H13FN2O2. The summed E-state index contributed by atoms with van der Waals surface area (Å²) >= 11 is 0. The van der Waals surface area contributed by atoms with Crippen LogP contribution in [0.1, 0.15) is 11.1 Å². The zero-order chi connectivity index (χ0) is 15.2. The van der Waals surface area contributed by atoms with Gasteiger partial charge in [0.1, 0.15) is 0 Å². The number of carbonyl (C=O) groups excluding carboxylic acids is 1. The van der Waals surface area contributed by atoms with Crippen LogP contribution >= 0.6 is 0 Å². The number of hydrogen-bond donors (Lipinski definition) is 1. The van der Waals surface area contributed by atoms with E-state index in [1.165, 1.54) is 19.2 Å². The highest BCUT2D eigenvalue weighted by atomic mass is 19.1. The molecule has 1 N–H and O–H groups in total. The van der Waals surface area contributed by atoms with Crippen LogP contribution in [0, 0.1) is 17.1 Å². The molecular weight excluding hydrogens is 271 g/mol. The number of nitriles is 1. The minimum atomic E-state index is -0.505. The molecule has 0 unspecified atom stereocenters. The largest absolute Gasteiger partial charge is 0.494 e. The lowest BCUT2D eigenvalue weighted by Gasteiger charge is -2.07. The highest BCUT2D eigenvalue weighted by Gasteiger charge is 2.08. The Balaban J connectivity index is 2.04. The number of rotatable bonds is 4. The number of hydrogen-bond acceptors (Lipinski definition) is 3. The number of nitrogens with zero attached hydrogens (tertiary/aromatic N) is 1. The average Bonchev–Trinajstić information content (AvgIpc) is 2.47. The summed E-state index contributed by atoms with van der Waals surface area (Å²) in [7, 11) is 1.38. The molecule has 0 spiro atoms. The predicted octanol–water partition coefficient (Wildman–Crippen LogP) is 2.89. The van der Waals surface area contributed by atoms with Crippen molar-refractivity contribution in [2.75, 3.05) is 12.4 Å². The summed E-state index contributed by atoms with van der Waals surface area (Å²) in [6.07, 6.45) is 0.0394. The van der Waals surface area contributed by atoms with Crippen LogP contribution in [0.3, 0.4) is 0 Å². The number of nitrogens with one attached hydrogen (secondary N) is 1. The molecule has 0 aromatic heterocycles. The maximum Gasteiger partial charge on any atom is 0.228 e. The quantitative estimate of drug-likeness (QED) is 0.939. The maximum absolute atomic E-state index is 13.5. The van der Waals surface area contributed by atoms with Crippen molar-refractivity contribution >= 4 is 11.6 Å². The van der Waals surface area contributed by atoms with Gasteiger partial charge in [0.2, 0.25) is 5.91 Å². The molecule has 0 fully saturated rings. The second-order valence-corrected chi connectivity index (χ2v) is 4.39. The maximum atomic E-state index is 13.5. The van der Waals surface area contributed by atoms with Crippen molar-refractivity contribution in [3.63, 3.8) is 0 Å². The highest BCUT2D eigenvalue weighted by molar-refractivity contribution is 5.92. The van der Waals surface area contributed by atoms with Gasteiger partial charge in [-0.25, -0.2) is 4.39 Å². The van der Waals surface area contributed by atoms with Crippen LogP contribution in [0.15, 0.2) is 42.5 Å². The van der Waals surface area contributed by atoms with E-state index in [9.17, 15) is 9.18 Å². The smallest absolute Gasteiger partial charge is 0.228 e. The van der Waals surface area contributed by atoms with E-state index in [2.05, 4.69) is 5.32 Å². The first-order chi connectivity index (χ1) is 10.1. The van der Waals surface area contributed by atoms with Gasteiger partial charge in [-0.2, -0.15) is 5.26 Å². The summed E-state index contributed by atoms with van der Waals surface area (Å²) in [5.74, 6) is -0.648. The Morgan fingerprint density at radius 2 is 2.14 bits per heavy atom. The first kappa shape index (κ1) is 14.5. The van der Waals surface area contributed by atoms with Gasteiger partial charge >= 0.3 is 0 Å². The Labute approximate surface area is 121 Å². The van der Waals surface area contributed by atoms with Crippen molar-refractivity contribution in [1.29, 1.82) is 5.26 Å². The minimum absolute atomic E-state index is 0.0394. The third-order valence-corrected chi connectivity index (χ3v) is 2.86. The number of amides is 1. The third-order valence-electron chi connectivity index (χ3n) is 2.86. The molecule has 2 rings (SSSR count). The molecule has 0 saturated carbocycles. The Kier molecular flexibility index (Phi) is 4.52. The number of halogens is 1. The van der Waals surface area contributed by atoms with E-state index in [-0.39, 0.29) is 18.1 Å². The molecule has 0 heterocycles. The van der Waals surface area contributed by atoms with Crippen molar-refractivity contribution in [1.82, 2.24) is 0 Å². The van der Waals surface area contributed by atoms with Gasteiger partial charge in [0, 0.05) is 5.69 Å². The second kappa shape index (κ2) is 6.53. The van der Waals surface area contributed by atoms with E-state index < -0.39 is 5.82 Å². The summed E-state index contributed by atoms with van der Waals surface area (Å²) < 4.78 is 18.4. The lowest BCUT2D eigenvalue weighted by molar-refractivity contribution is -0.115. The summed E-state index contributed by atoms with van der Waals surface area (Å²) in [5.41, 5.74) is 1.54. The molecule has 0 saturated heterocycles. The van der Waals surface area contributed by atoms with Gasteiger partial charge in [0.05, 0.1) is 25.2 Å². The molecule has 0 aliphatic heterocycles. The van der Waals surface area contributed by atoms with Crippen LogP contribution in [0.2, 0.25) is 0 Å². The van der Waals surface area contributed by atoms with Gasteiger partial charge in [-0.05, 0) is 35.9 Å². The molecule has 0 atom stereocenters. The lowest BCUT2D eigenvalue weighted by atomic mass is 10.1. The molecule has 5 heteroatoms. The van der Waals surface area contributed by atoms with Crippen LogP contribution < -0.4 is 10.1 Å². The zero-order valence-corrected chi connectivity index (χ0v) is 11.4. The molecule has 4 nitrogen and oxygen atoms in total. The fourth-order valence-electron chi connectivity index (χ4n) is 1.88. The van der Waals surface area contributed by atoms with Gasteiger partial charge in [-0.3, -0.25) is 4.79 Å². The standard InChI is InChI=1S/C16H13FN2O2/c1-21-15-6-5-11(8-14(15)17)9-16(20)19-13-4-2-3-12(7-13)10-18/h2-8H,9H2,1H3,(H,19,20). The van der Waals surface area contributed by atoms with E-state index in [0.717, 1.165) is 0 Å². The van der Waals surface area contributed by atoms with E-state index >= 15 is 0 Å². The van der Waals surface area contributed by atoms with E-state index in [1.54, 1.807) is 30.3 Å². The number of methoxy groups -OCH3 is 1. The Bertz CT molecular complexity index is 708. The van der Waals surface area contributed by atoms with Gasteiger partial charge in [0.15, 0.2) is 11.6 Å². The molecule has 0 bridgehead atoms. The highest BCUT2D eigenvalue weighted by Crippen LogP contribution is 2.18. The summed E-state index contributed by atoms with van der Waals surface area (Å²) in [5, 5.41) is 11.5. The molecule has 0 aliphatic rings. The Hall–Kier alpha value is -2.87. The monoisotopic (exact) mass is 284 g/mol. The first-order valence-corrected chi connectivity index (χ1v) is 6.25. The molecule has 21 heavy (non-hydrogen) atoms. The van der Waals surface area contributed by atoms with Crippen molar-refractivity contribution < 1.29 is 13.9 Å². The van der Waals surface area contributed by atoms with E-state index in [1.807, 2.05) is 6.07 Å². The van der Waals surface area contributed by atoms with Crippen LogP contribution in [-0.2, 0) is 11.2 Å². The zero-order valence-electron chi connectivity index (χ0n) is 11.4. The fraction of sp³-hybridized carbons (Fsp3) is 0.125. The van der Waals surface area contributed by atoms with Gasteiger partial charge in [-0.1, -0.05) is 12.1 Å². The number of benzene rings is 2. The van der Waals surface area contributed by atoms with Crippen LogP contribution in [0.4, 0.5) is 10.1 Å². The number of anilines is 1. The third kappa shape index (κ3) is 3.80. The van der Waals surface area contributed by atoms with Crippen molar-refractivity contribution in [2.24, 2.45) is 0 Å². The average molecular weight is 284 g/mol. The van der Waals surface area contributed by atoms with Crippen molar-refractivity contribution in [3.8, 4) is 11.8 Å². The van der Waals surface area contributed by atoms with Crippen LogP contribution in [-0.4, -0.2) is 13.0 Å². The van der Waals surface area contributed by atoms with Gasteiger partial charge in [-0.15, -0.1) is 0 Å². The second-order valence-electron chi connectivity index (χ2n) is 4.39.